The van der Waals surface area contributed by atoms with Gasteiger partial charge in [0.15, 0.2) is 5.82 Å². The number of halogens is 1. The normalized spacial score (nSPS) is 10.4. The molecule has 0 amide bonds. The highest BCUT2D eigenvalue weighted by Crippen LogP contribution is 2.23. The zero-order valence-electron chi connectivity index (χ0n) is 10.4. The number of H-pyrrole nitrogens is 1. The summed E-state index contributed by atoms with van der Waals surface area (Å²) in [5, 5.41) is 0. The topological polar surface area (TPSA) is 58.6 Å². The van der Waals surface area contributed by atoms with Crippen molar-refractivity contribution in [3.63, 3.8) is 0 Å². The van der Waals surface area contributed by atoms with E-state index < -0.39 is 5.82 Å². The molecule has 0 spiro atoms. The lowest BCUT2D eigenvalue weighted by Crippen LogP contribution is -2.04. The molecule has 0 saturated heterocycles. The van der Waals surface area contributed by atoms with Crippen molar-refractivity contribution in [2.75, 3.05) is 0 Å². The first-order valence-electron chi connectivity index (χ1n) is 6.00. The van der Waals surface area contributed by atoms with Gasteiger partial charge in [0, 0.05) is 35.8 Å². The summed E-state index contributed by atoms with van der Waals surface area (Å²) in [7, 11) is 0. The SMILES string of the molecule is O=c1cc(-c2ccc(-c3ncccn3)cc2)c(F)c[nH]1. The van der Waals surface area contributed by atoms with E-state index in [1.807, 2.05) is 0 Å². The average molecular weight is 267 g/mol. The Hall–Kier alpha value is -2.82. The van der Waals surface area contributed by atoms with Crippen LogP contribution in [0.25, 0.3) is 22.5 Å². The van der Waals surface area contributed by atoms with Gasteiger partial charge in [-0.1, -0.05) is 24.3 Å². The van der Waals surface area contributed by atoms with Crippen molar-refractivity contribution in [1.29, 1.82) is 0 Å². The summed E-state index contributed by atoms with van der Waals surface area (Å²) < 4.78 is 13.7. The summed E-state index contributed by atoms with van der Waals surface area (Å²) in [5.41, 5.74) is 1.40. The molecule has 1 N–H and O–H groups in total. The zero-order chi connectivity index (χ0) is 13.9. The maximum Gasteiger partial charge on any atom is 0.248 e. The van der Waals surface area contributed by atoms with Crippen molar-refractivity contribution in [3.8, 4) is 22.5 Å². The monoisotopic (exact) mass is 267 g/mol. The molecule has 2 heterocycles. The molecule has 0 aliphatic carbocycles. The largest absolute Gasteiger partial charge is 0.326 e. The second kappa shape index (κ2) is 5.05. The van der Waals surface area contributed by atoms with Gasteiger partial charge in [0.05, 0.1) is 0 Å². The van der Waals surface area contributed by atoms with Crippen LogP contribution in [0.5, 0.6) is 0 Å². The van der Waals surface area contributed by atoms with Crippen molar-refractivity contribution in [3.05, 3.63) is 71.2 Å². The molecule has 3 aromatic rings. The summed E-state index contributed by atoms with van der Waals surface area (Å²) in [6.45, 7) is 0. The van der Waals surface area contributed by atoms with Crippen LogP contribution in [0.15, 0.2) is 59.8 Å². The Morgan fingerprint density at radius 3 is 2.35 bits per heavy atom. The van der Waals surface area contributed by atoms with E-state index in [-0.39, 0.29) is 11.1 Å². The maximum atomic E-state index is 13.7. The van der Waals surface area contributed by atoms with Crippen molar-refractivity contribution in [1.82, 2.24) is 15.0 Å². The summed E-state index contributed by atoms with van der Waals surface area (Å²) >= 11 is 0. The smallest absolute Gasteiger partial charge is 0.248 e. The summed E-state index contributed by atoms with van der Waals surface area (Å²) in [4.78, 5) is 21.8. The number of rotatable bonds is 2. The van der Waals surface area contributed by atoms with Gasteiger partial charge in [-0.3, -0.25) is 4.79 Å². The maximum absolute atomic E-state index is 13.7. The lowest BCUT2D eigenvalue weighted by molar-refractivity contribution is 0.624. The van der Waals surface area contributed by atoms with Crippen molar-refractivity contribution in [2.45, 2.75) is 0 Å². The van der Waals surface area contributed by atoms with E-state index >= 15 is 0 Å². The van der Waals surface area contributed by atoms with Crippen LogP contribution < -0.4 is 5.56 Å². The van der Waals surface area contributed by atoms with Crippen LogP contribution in [0, 0.1) is 5.82 Å². The average Bonchev–Trinajstić information content (AvgIpc) is 2.51. The lowest BCUT2D eigenvalue weighted by atomic mass is 10.0. The second-order valence-corrected chi connectivity index (χ2v) is 4.21. The zero-order valence-corrected chi connectivity index (χ0v) is 10.4. The molecule has 0 aliphatic heterocycles. The fourth-order valence-electron chi connectivity index (χ4n) is 1.92. The molecule has 0 saturated carbocycles. The molecule has 0 aliphatic rings. The predicted octanol–water partition coefficient (Wildman–Crippen LogP) is 2.64. The van der Waals surface area contributed by atoms with E-state index in [1.54, 1.807) is 42.7 Å². The lowest BCUT2D eigenvalue weighted by Gasteiger charge is -2.04. The Bertz CT molecular complexity index is 782. The van der Waals surface area contributed by atoms with Crippen LogP contribution in [-0.2, 0) is 0 Å². The highest BCUT2D eigenvalue weighted by atomic mass is 19.1. The molecule has 20 heavy (non-hydrogen) atoms. The molecule has 4 nitrogen and oxygen atoms in total. The first-order chi connectivity index (χ1) is 9.74. The van der Waals surface area contributed by atoms with Crippen molar-refractivity contribution < 1.29 is 4.39 Å². The van der Waals surface area contributed by atoms with E-state index in [1.165, 1.54) is 6.07 Å². The standard InChI is InChI=1S/C15H10FN3O/c16-13-9-19-14(20)8-12(13)10-2-4-11(5-3-10)15-17-6-1-7-18-15/h1-9H,(H,19,20). The molecule has 5 heteroatoms. The molecule has 0 fully saturated rings. The first kappa shape index (κ1) is 12.2. The quantitative estimate of drug-likeness (QED) is 0.776. The second-order valence-electron chi connectivity index (χ2n) is 4.21. The van der Waals surface area contributed by atoms with Crippen LogP contribution >= 0.6 is 0 Å². The Labute approximate surface area is 114 Å². The van der Waals surface area contributed by atoms with Gasteiger partial charge in [0.1, 0.15) is 5.82 Å². The van der Waals surface area contributed by atoms with Crippen LogP contribution in [0.1, 0.15) is 0 Å². The first-order valence-corrected chi connectivity index (χ1v) is 6.00. The minimum Gasteiger partial charge on any atom is -0.326 e. The number of hydrogen-bond donors (Lipinski definition) is 1. The molecule has 98 valence electrons. The third kappa shape index (κ3) is 2.33. The number of aromatic amines is 1. The van der Waals surface area contributed by atoms with Gasteiger partial charge in [-0.25, -0.2) is 14.4 Å². The highest BCUT2D eigenvalue weighted by molar-refractivity contribution is 5.67. The third-order valence-corrected chi connectivity index (χ3v) is 2.89. The Morgan fingerprint density at radius 2 is 1.65 bits per heavy atom. The van der Waals surface area contributed by atoms with E-state index in [0.717, 1.165) is 11.8 Å². The third-order valence-electron chi connectivity index (χ3n) is 2.89. The van der Waals surface area contributed by atoms with E-state index in [4.69, 9.17) is 0 Å². The van der Waals surface area contributed by atoms with Gasteiger partial charge < -0.3 is 4.98 Å². The molecule has 0 bridgehead atoms. The molecular formula is C15H10FN3O. The van der Waals surface area contributed by atoms with E-state index in [0.29, 0.717) is 11.4 Å². The fourth-order valence-corrected chi connectivity index (χ4v) is 1.92. The Kier molecular flexibility index (Phi) is 3.09. The fraction of sp³-hybridized carbons (Fsp3) is 0. The molecule has 0 unspecified atom stereocenters. The number of aromatic nitrogens is 3. The van der Waals surface area contributed by atoms with Gasteiger partial charge in [0.2, 0.25) is 5.56 Å². The number of nitrogens with zero attached hydrogens (tertiary/aromatic N) is 2. The van der Waals surface area contributed by atoms with E-state index in [9.17, 15) is 9.18 Å². The summed E-state index contributed by atoms with van der Waals surface area (Å²) in [6.07, 6.45) is 4.38. The number of hydrogen-bond acceptors (Lipinski definition) is 3. The van der Waals surface area contributed by atoms with Crippen LogP contribution in [-0.4, -0.2) is 15.0 Å². The van der Waals surface area contributed by atoms with Crippen LogP contribution in [0.4, 0.5) is 4.39 Å². The van der Waals surface area contributed by atoms with Gasteiger partial charge >= 0.3 is 0 Å². The van der Waals surface area contributed by atoms with Gasteiger partial charge in [-0.05, 0) is 11.6 Å². The Balaban J connectivity index is 2.02. The number of nitrogens with one attached hydrogen (secondary N) is 1. The molecule has 3 rings (SSSR count). The van der Waals surface area contributed by atoms with Gasteiger partial charge in [0.25, 0.3) is 0 Å². The van der Waals surface area contributed by atoms with Crippen LogP contribution in [0.2, 0.25) is 0 Å². The molecule has 1 aromatic carbocycles. The van der Waals surface area contributed by atoms with Crippen LogP contribution in [0.3, 0.4) is 0 Å². The predicted molar refractivity (Wildman–Crippen MR) is 73.5 cm³/mol. The minimum absolute atomic E-state index is 0.272. The summed E-state index contributed by atoms with van der Waals surface area (Å²) in [5.74, 6) is 0.138. The van der Waals surface area contributed by atoms with Gasteiger partial charge in [-0.2, -0.15) is 0 Å². The van der Waals surface area contributed by atoms with Gasteiger partial charge in [-0.15, -0.1) is 0 Å². The number of pyridine rings is 1. The summed E-state index contributed by atoms with van der Waals surface area (Å²) in [6, 6.07) is 10.1. The number of benzene rings is 1. The molecule has 0 atom stereocenters. The van der Waals surface area contributed by atoms with Crippen molar-refractivity contribution in [2.24, 2.45) is 0 Å². The minimum atomic E-state index is -0.465. The van der Waals surface area contributed by atoms with Crippen molar-refractivity contribution >= 4 is 0 Å². The molecular weight excluding hydrogens is 257 g/mol. The Morgan fingerprint density at radius 1 is 1.00 bits per heavy atom. The molecule has 2 aromatic heterocycles. The molecule has 0 radical (unpaired) electrons. The highest BCUT2D eigenvalue weighted by Gasteiger charge is 2.07. The van der Waals surface area contributed by atoms with E-state index in [2.05, 4.69) is 15.0 Å².